The van der Waals surface area contributed by atoms with Gasteiger partial charge in [-0.2, -0.15) is 0 Å². The second-order valence-electron chi connectivity index (χ2n) is 8.13. The fourth-order valence-electron chi connectivity index (χ4n) is 3.27. The zero-order chi connectivity index (χ0) is 25.8. The van der Waals surface area contributed by atoms with Crippen LogP contribution in [0.3, 0.4) is 0 Å². The summed E-state index contributed by atoms with van der Waals surface area (Å²) in [6.45, 7) is 3.48. The number of phenols is 1. The third-order valence-corrected chi connectivity index (χ3v) is 5.19. The van der Waals surface area contributed by atoms with E-state index in [2.05, 4.69) is 21.3 Å². The van der Waals surface area contributed by atoms with E-state index in [1.807, 2.05) is 30.3 Å². The third kappa shape index (κ3) is 9.46. The summed E-state index contributed by atoms with van der Waals surface area (Å²) in [7, 11) is 0. The highest BCUT2D eigenvalue weighted by Crippen LogP contribution is 2.11. The molecule has 0 aromatic heterocycles. The number of nitrogens with two attached hydrogens (primary N) is 1. The molecule has 0 saturated heterocycles. The molecule has 0 spiro atoms. The van der Waals surface area contributed by atoms with Gasteiger partial charge in [-0.25, -0.2) is 0 Å². The lowest BCUT2D eigenvalue weighted by Crippen LogP contribution is -2.56. The van der Waals surface area contributed by atoms with Gasteiger partial charge >= 0.3 is 0 Å². The fraction of sp³-hybridized carbons (Fsp3) is 0.360. The first kappa shape index (κ1) is 27.3. The summed E-state index contributed by atoms with van der Waals surface area (Å²) in [6, 6.07) is 12.6. The molecule has 0 radical (unpaired) electrons. The summed E-state index contributed by atoms with van der Waals surface area (Å²) in [5.41, 5.74) is 7.55. The van der Waals surface area contributed by atoms with Crippen LogP contribution in [0.5, 0.6) is 5.75 Å². The number of rotatable bonds is 12. The van der Waals surface area contributed by atoms with Crippen LogP contribution >= 0.6 is 0 Å². The molecule has 2 rings (SSSR count). The second-order valence-corrected chi connectivity index (χ2v) is 8.13. The van der Waals surface area contributed by atoms with Gasteiger partial charge in [-0.3, -0.25) is 19.2 Å². The van der Waals surface area contributed by atoms with Crippen molar-refractivity contribution in [3.05, 3.63) is 65.7 Å². The number of hydrogen-bond donors (Lipinski definition) is 6. The molecule has 188 valence electrons. The third-order valence-electron chi connectivity index (χ3n) is 5.19. The van der Waals surface area contributed by atoms with E-state index in [9.17, 15) is 24.3 Å². The maximum Gasteiger partial charge on any atom is 0.243 e. The van der Waals surface area contributed by atoms with Crippen molar-refractivity contribution in [3.63, 3.8) is 0 Å². The van der Waals surface area contributed by atoms with E-state index >= 15 is 0 Å². The Kier molecular flexibility index (Phi) is 10.7. The van der Waals surface area contributed by atoms with Crippen LogP contribution in [0.2, 0.25) is 0 Å². The Morgan fingerprint density at radius 2 is 1.46 bits per heavy atom. The zero-order valence-electron chi connectivity index (χ0n) is 19.9. The van der Waals surface area contributed by atoms with Crippen LogP contribution in [0.25, 0.3) is 0 Å². The van der Waals surface area contributed by atoms with Crippen molar-refractivity contribution in [1.82, 2.24) is 21.3 Å². The Hall–Kier alpha value is -3.92. The van der Waals surface area contributed by atoms with Crippen molar-refractivity contribution in [3.8, 4) is 5.75 Å². The van der Waals surface area contributed by atoms with Crippen LogP contribution in [0.1, 0.15) is 25.0 Å². The number of amides is 4. The molecule has 0 saturated carbocycles. The van der Waals surface area contributed by atoms with Gasteiger partial charge in [0.2, 0.25) is 23.6 Å². The lowest BCUT2D eigenvalue weighted by Gasteiger charge is -2.22. The number of hydrogen-bond acceptors (Lipinski definition) is 6. The molecule has 3 atom stereocenters. The Morgan fingerprint density at radius 3 is 2.09 bits per heavy atom. The molecule has 35 heavy (non-hydrogen) atoms. The average molecular weight is 484 g/mol. The highest BCUT2D eigenvalue weighted by molar-refractivity contribution is 5.94. The lowest BCUT2D eigenvalue weighted by molar-refractivity contribution is -0.132. The van der Waals surface area contributed by atoms with Gasteiger partial charge in [-0.15, -0.1) is 0 Å². The van der Waals surface area contributed by atoms with Gasteiger partial charge in [0.1, 0.15) is 17.8 Å². The molecule has 0 bridgehead atoms. The van der Waals surface area contributed by atoms with Crippen molar-refractivity contribution < 1.29 is 24.3 Å². The first-order valence-electron chi connectivity index (χ1n) is 11.4. The van der Waals surface area contributed by atoms with Gasteiger partial charge in [0.15, 0.2) is 0 Å². The molecular weight excluding hydrogens is 450 g/mol. The van der Waals surface area contributed by atoms with Gasteiger partial charge < -0.3 is 32.1 Å². The molecule has 0 heterocycles. The standard InChI is InChI=1S/C25H33N5O5/c1-3-27-22(32)15-28-25(35)21(14-17-7-5-4-6-8-17)30-23(33)16(2)29-24(34)20(26)13-18-9-11-19(31)12-10-18/h4-12,16,20-21,31H,3,13-15,26H2,1-2H3,(H,27,32)(H,28,35)(H,29,34)(H,30,33)/t16-,20+,21+/m1/s1. The second kappa shape index (κ2) is 13.7. The predicted molar refractivity (Wildman–Crippen MR) is 131 cm³/mol. The van der Waals surface area contributed by atoms with E-state index in [4.69, 9.17) is 5.73 Å². The quantitative estimate of drug-likeness (QED) is 0.244. The van der Waals surface area contributed by atoms with Crippen LogP contribution < -0.4 is 27.0 Å². The van der Waals surface area contributed by atoms with E-state index in [-0.39, 0.29) is 31.0 Å². The topological polar surface area (TPSA) is 163 Å². The molecule has 0 aliphatic heterocycles. The zero-order valence-corrected chi connectivity index (χ0v) is 19.9. The van der Waals surface area contributed by atoms with E-state index in [1.165, 1.54) is 19.1 Å². The number of carbonyl (C=O) groups is 4. The molecule has 4 amide bonds. The summed E-state index contributed by atoms with van der Waals surface area (Å²) >= 11 is 0. The summed E-state index contributed by atoms with van der Waals surface area (Å²) in [6.07, 6.45) is 0.425. The predicted octanol–water partition coefficient (Wildman–Crippen LogP) is -0.253. The highest BCUT2D eigenvalue weighted by Gasteiger charge is 2.26. The van der Waals surface area contributed by atoms with Gasteiger partial charge in [-0.05, 0) is 43.5 Å². The van der Waals surface area contributed by atoms with Crippen molar-refractivity contribution >= 4 is 23.6 Å². The Balaban J connectivity index is 1.98. The first-order valence-corrected chi connectivity index (χ1v) is 11.4. The number of carbonyl (C=O) groups excluding carboxylic acids is 4. The number of phenolic OH excluding ortho intramolecular Hbond substituents is 1. The highest BCUT2D eigenvalue weighted by atomic mass is 16.3. The van der Waals surface area contributed by atoms with Crippen LogP contribution in [0.4, 0.5) is 0 Å². The molecule has 0 aliphatic carbocycles. The SMILES string of the molecule is CCNC(=O)CNC(=O)[C@H](Cc1ccccc1)NC(=O)[C@@H](C)NC(=O)[C@@H](N)Cc1ccc(O)cc1. The molecule has 2 aromatic carbocycles. The van der Waals surface area contributed by atoms with Crippen LogP contribution in [0, 0.1) is 0 Å². The first-order chi connectivity index (χ1) is 16.7. The van der Waals surface area contributed by atoms with E-state index in [1.54, 1.807) is 19.1 Å². The van der Waals surface area contributed by atoms with E-state index in [0.29, 0.717) is 6.54 Å². The van der Waals surface area contributed by atoms with Crippen molar-refractivity contribution in [2.45, 2.75) is 44.8 Å². The van der Waals surface area contributed by atoms with Crippen LogP contribution in [-0.4, -0.2) is 60.0 Å². The van der Waals surface area contributed by atoms with Crippen LogP contribution in [0.15, 0.2) is 54.6 Å². The summed E-state index contributed by atoms with van der Waals surface area (Å²) in [5, 5.41) is 19.7. The molecule has 0 aliphatic rings. The Bertz CT molecular complexity index is 997. The fourth-order valence-corrected chi connectivity index (χ4v) is 3.27. The molecule has 10 heteroatoms. The van der Waals surface area contributed by atoms with Gasteiger partial charge in [-0.1, -0.05) is 42.5 Å². The largest absolute Gasteiger partial charge is 0.508 e. The minimum absolute atomic E-state index is 0.108. The summed E-state index contributed by atoms with van der Waals surface area (Å²) < 4.78 is 0. The number of nitrogens with one attached hydrogen (secondary N) is 4. The van der Waals surface area contributed by atoms with Crippen molar-refractivity contribution in [1.29, 1.82) is 0 Å². The van der Waals surface area contributed by atoms with Gasteiger partial charge in [0.25, 0.3) is 0 Å². The minimum Gasteiger partial charge on any atom is -0.508 e. The molecule has 7 N–H and O–H groups in total. The van der Waals surface area contributed by atoms with Gasteiger partial charge in [0, 0.05) is 13.0 Å². The normalized spacial score (nSPS) is 13.1. The maximum atomic E-state index is 12.8. The van der Waals surface area contributed by atoms with Crippen LogP contribution in [-0.2, 0) is 32.0 Å². The maximum absolute atomic E-state index is 12.8. The van der Waals surface area contributed by atoms with E-state index in [0.717, 1.165) is 11.1 Å². The molecule has 0 unspecified atom stereocenters. The lowest BCUT2D eigenvalue weighted by atomic mass is 10.0. The molecule has 2 aromatic rings. The Labute approximate surface area is 204 Å². The number of benzene rings is 2. The smallest absolute Gasteiger partial charge is 0.243 e. The average Bonchev–Trinajstić information content (AvgIpc) is 2.84. The van der Waals surface area contributed by atoms with E-state index < -0.39 is 35.8 Å². The van der Waals surface area contributed by atoms with Gasteiger partial charge in [0.05, 0.1) is 12.6 Å². The summed E-state index contributed by atoms with van der Waals surface area (Å²) in [4.78, 5) is 49.7. The number of aromatic hydroxyl groups is 1. The minimum atomic E-state index is -0.956. The molecule has 0 fully saturated rings. The van der Waals surface area contributed by atoms with Crippen molar-refractivity contribution in [2.24, 2.45) is 5.73 Å². The molecule has 10 nitrogen and oxygen atoms in total. The molecular formula is C25H33N5O5. The Morgan fingerprint density at radius 1 is 0.829 bits per heavy atom. The van der Waals surface area contributed by atoms with Crippen molar-refractivity contribution in [2.75, 3.05) is 13.1 Å². The monoisotopic (exact) mass is 483 g/mol. The number of likely N-dealkylation sites (N-methyl/N-ethyl adjacent to an activating group) is 1. The summed E-state index contributed by atoms with van der Waals surface area (Å²) in [5.74, 6) is -1.84.